The van der Waals surface area contributed by atoms with Crippen molar-refractivity contribution >= 4 is 28.4 Å². The summed E-state index contributed by atoms with van der Waals surface area (Å²) in [5, 5.41) is 9.07. The molecule has 8 nitrogen and oxygen atoms in total. The molecule has 1 saturated heterocycles. The third kappa shape index (κ3) is 5.56. The number of fused-ring (bicyclic) bond motifs is 3. The molecule has 230 valence electrons. The monoisotopic (exact) mass is 589 g/mol. The Hall–Kier alpha value is -2.95. The summed E-state index contributed by atoms with van der Waals surface area (Å²) < 4.78 is 42.2. The molecule has 1 aromatic heterocycles. The number of hydrogen-bond donors (Lipinski definition) is 3. The number of piperidine rings is 1. The maximum absolute atomic E-state index is 13.9. The second kappa shape index (κ2) is 11.6. The molecule has 3 fully saturated rings. The van der Waals surface area contributed by atoms with Crippen molar-refractivity contribution in [3.63, 3.8) is 0 Å². The van der Waals surface area contributed by atoms with E-state index in [-0.39, 0.29) is 23.7 Å². The molecule has 1 unspecified atom stereocenters. The van der Waals surface area contributed by atoms with Crippen LogP contribution in [0, 0.1) is 16.7 Å². The van der Waals surface area contributed by atoms with Gasteiger partial charge in [0.25, 0.3) is 5.56 Å². The third-order valence-electron chi connectivity index (χ3n) is 10.6. The van der Waals surface area contributed by atoms with Gasteiger partial charge in [-0.3, -0.25) is 24.3 Å². The number of carbonyl (C=O) groups excluding carboxylic acids is 2. The van der Waals surface area contributed by atoms with Crippen LogP contribution in [0.1, 0.15) is 96.8 Å². The number of carbonyl (C=O) groups is 2. The zero-order chi connectivity index (χ0) is 30.3. The minimum Gasteiger partial charge on any atom is -0.384 e. The maximum atomic E-state index is 13.9. The Morgan fingerprint density at radius 3 is 2.38 bits per heavy atom. The van der Waals surface area contributed by atoms with Gasteiger partial charge in [-0.2, -0.15) is 13.2 Å². The fourth-order valence-corrected chi connectivity index (χ4v) is 7.60. The average Bonchev–Trinajstić information content (AvgIpc) is 3.25. The van der Waals surface area contributed by atoms with Crippen molar-refractivity contribution in [3.05, 3.63) is 34.4 Å². The molecule has 42 heavy (non-hydrogen) atoms. The normalized spacial score (nSPS) is 27.0. The highest BCUT2D eigenvalue weighted by atomic mass is 19.4. The lowest BCUT2D eigenvalue weighted by molar-refractivity contribution is -0.150. The quantitative estimate of drug-likeness (QED) is 0.234. The lowest BCUT2D eigenvalue weighted by Gasteiger charge is -2.39. The van der Waals surface area contributed by atoms with E-state index >= 15 is 0 Å². The number of alkyl halides is 3. The van der Waals surface area contributed by atoms with Crippen LogP contribution in [-0.4, -0.2) is 40.5 Å². The summed E-state index contributed by atoms with van der Waals surface area (Å²) in [4.78, 5) is 41.2. The topological polar surface area (TPSA) is 105 Å². The molecule has 1 aliphatic heterocycles. The summed E-state index contributed by atoms with van der Waals surface area (Å²) >= 11 is 0. The van der Waals surface area contributed by atoms with Gasteiger partial charge < -0.3 is 10.6 Å². The van der Waals surface area contributed by atoms with Gasteiger partial charge >= 0.3 is 6.18 Å². The summed E-state index contributed by atoms with van der Waals surface area (Å²) in [7, 11) is 0. The van der Waals surface area contributed by atoms with Gasteiger partial charge in [-0.15, -0.1) is 0 Å². The first-order valence-electron chi connectivity index (χ1n) is 15.3. The second-order valence-electron chi connectivity index (χ2n) is 13.1. The highest BCUT2D eigenvalue weighted by molar-refractivity contribution is 5.99. The minimum absolute atomic E-state index is 0.00115. The van der Waals surface area contributed by atoms with Crippen LogP contribution in [0.2, 0.25) is 0 Å². The van der Waals surface area contributed by atoms with Gasteiger partial charge in [0.05, 0.1) is 10.9 Å². The summed E-state index contributed by atoms with van der Waals surface area (Å²) in [6.07, 6.45) is 3.80. The fraction of sp³-hybridized carbons (Fsp3) is 0.677. The Morgan fingerprint density at radius 1 is 1.02 bits per heavy atom. The number of benzene rings is 1. The number of amides is 2. The van der Waals surface area contributed by atoms with E-state index in [4.69, 9.17) is 0 Å². The second-order valence-corrected chi connectivity index (χ2v) is 13.1. The first kappa shape index (κ1) is 30.5. The maximum Gasteiger partial charge on any atom is 0.449 e. The Kier molecular flexibility index (Phi) is 8.44. The molecule has 5 rings (SSSR count). The summed E-state index contributed by atoms with van der Waals surface area (Å²) in [5.74, 6) is -2.13. The van der Waals surface area contributed by atoms with E-state index in [1.807, 2.05) is 5.32 Å². The molecular weight excluding hydrogens is 547 g/mol. The van der Waals surface area contributed by atoms with E-state index in [2.05, 4.69) is 36.4 Å². The lowest BCUT2D eigenvalue weighted by atomic mass is 9.69. The first-order chi connectivity index (χ1) is 19.8. The fourth-order valence-electron chi connectivity index (χ4n) is 7.60. The van der Waals surface area contributed by atoms with E-state index in [0.29, 0.717) is 33.7 Å². The van der Waals surface area contributed by atoms with Crippen molar-refractivity contribution in [1.82, 2.24) is 20.2 Å². The Bertz CT molecular complexity index is 1400. The molecule has 1 aromatic carbocycles. The number of anilines is 1. The molecule has 2 heterocycles. The highest BCUT2D eigenvalue weighted by Gasteiger charge is 2.60. The van der Waals surface area contributed by atoms with E-state index in [1.54, 1.807) is 12.1 Å². The van der Waals surface area contributed by atoms with E-state index in [0.717, 1.165) is 44.6 Å². The molecule has 2 aromatic rings. The van der Waals surface area contributed by atoms with Crippen LogP contribution in [0.3, 0.4) is 0 Å². The van der Waals surface area contributed by atoms with Gasteiger partial charge in [0.2, 0.25) is 17.6 Å². The number of halogens is 3. The largest absolute Gasteiger partial charge is 0.449 e. The van der Waals surface area contributed by atoms with E-state index < -0.39 is 35.4 Å². The summed E-state index contributed by atoms with van der Waals surface area (Å²) in [6.45, 7) is 8.90. The van der Waals surface area contributed by atoms with Crippen molar-refractivity contribution in [2.75, 3.05) is 18.4 Å². The number of rotatable bonds is 11. The third-order valence-corrected chi connectivity index (χ3v) is 10.6. The molecular formula is C31H42F3N5O3. The summed E-state index contributed by atoms with van der Waals surface area (Å²) in [5.41, 5.74) is 0.133. The van der Waals surface area contributed by atoms with Crippen molar-refractivity contribution in [2.45, 2.75) is 103 Å². The molecule has 2 aliphatic carbocycles. The average molecular weight is 590 g/mol. The molecule has 2 saturated carbocycles. The molecule has 3 aliphatic rings. The van der Waals surface area contributed by atoms with Gasteiger partial charge in [-0.25, -0.2) is 4.98 Å². The lowest BCUT2D eigenvalue weighted by Crippen LogP contribution is -2.46. The van der Waals surface area contributed by atoms with Crippen molar-refractivity contribution in [2.24, 2.45) is 16.7 Å². The van der Waals surface area contributed by atoms with Crippen LogP contribution in [0.4, 0.5) is 18.9 Å². The van der Waals surface area contributed by atoms with Gasteiger partial charge in [0, 0.05) is 24.7 Å². The van der Waals surface area contributed by atoms with Crippen LogP contribution in [0.15, 0.2) is 23.0 Å². The molecule has 2 bridgehead atoms. The van der Waals surface area contributed by atoms with Crippen LogP contribution in [-0.2, 0) is 15.8 Å². The van der Waals surface area contributed by atoms with E-state index in [1.165, 1.54) is 25.3 Å². The van der Waals surface area contributed by atoms with E-state index in [9.17, 15) is 27.6 Å². The zero-order valence-corrected chi connectivity index (χ0v) is 24.7. The van der Waals surface area contributed by atoms with Crippen molar-refractivity contribution < 1.29 is 22.8 Å². The molecule has 3 N–H and O–H groups in total. The molecule has 0 spiro atoms. The van der Waals surface area contributed by atoms with Crippen LogP contribution >= 0.6 is 0 Å². The predicted molar refractivity (Wildman–Crippen MR) is 155 cm³/mol. The number of imide groups is 1. The summed E-state index contributed by atoms with van der Waals surface area (Å²) in [6, 6.07) is 3.69. The smallest absolute Gasteiger partial charge is 0.384 e. The van der Waals surface area contributed by atoms with Crippen LogP contribution in [0.5, 0.6) is 0 Å². The van der Waals surface area contributed by atoms with Crippen molar-refractivity contribution in [3.8, 4) is 0 Å². The van der Waals surface area contributed by atoms with Gasteiger partial charge in [-0.1, -0.05) is 46.1 Å². The SMILES string of the molecule is CC1(C)[C@@H]2CC[C@@]1(C)C(NCCCCCCCNc1cccc3nc(C(F)(F)F)n([C@H]4CCC(=O)NC4=O)c(=O)c13)C2. The zero-order valence-electron chi connectivity index (χ0n) is 24.7. The Labute approximate surface area is 244 Å². The first-order valence-corrected chi connectivity index (χ1v) is 15.3. The van der Waals surface area contributed by atoms with Gasteiger partial charge in [0.15, 0.2) is 0 Å². The minimum atomic E-state index is -4.96. The molecule has 0 radical (unpaired) electrons. The molecule has 11 heteroatoms. The van der Waals surface area contributed by atoms with Crippen LogP contribution in [0.25, 0.3) is 10.9 Å². The Balaban J connectivity index is 1.15. The van der Waals surface area contributed by atoms with Gasteiger partial charge in [0.1, 0.15) is 6.04 Å². The van der Waals surface area contributed by atoms with Gasteiger partial charge in [-0.05, 0) is 74.0 Å². The van der Waals surface area contributed by atoms with Crippen molar-refractivity contribution in [1.29, 1.82) is 0 Å². The predicted octanol–water partition coefficient (Wildman–Crippen LogP) is 5.56. The molecule has 2 amide bonds. The van der Waals surface area contributed by atoms with Crippen LogP contribution < -0.4 is 21.5 Å². The number of hydrogen-bond acceptors (Lipinski definition) is 6. The number of nitrogens with zero attached hydrogens (tertiary/aromatic N) is 2. The molecule has 4 atom stereocenters. The highest BCUT2D eigenvalue weighted by Crippen LogP contribution is 2.65. The number of aromatic nitrogens is 2. The standard InChI is InChI=1S/C31H42F3N5O3/c1-29(2)19-14-15-30(29,3)23(18-19)36-17-8-6-4-5-7-16-35-20-10-9-11-21-25(20)27(42)39(28(37-21)31(32,33)34)22-12-13-24(40)38-26(22)41/h9-11,19,22-23,35-36H,4-8,12-18H2,1-3H3,(H,38,40,41)/t19-,22+,23?,30+/m1/s1. The Morgan fingerprint density at radius 2 is 1.74 bits per heavy atom. The number of nitrogens with one attached hydrogen (secondary N) is 3. The number of unbranched alkanes of at least 4 members (excludes halogenated alkanes) is 4.